The third kappa shape index (κ3) is 2.47. The lowest BCUT2D eigenvalue weighted by atomic mass is 10.0. The second-order valence-electron chi connectivity index (χ2n) is 4.80. The van der Waals surface area contributed by atoms with Crippen molar-refractivity contribution < 1.29 is 9.90 Å². The number of carboxylic acids is 1. The Bertz CT molecular complexity index is 638. The number of nitrogens with zero attached hydrogens (tertiary/aromatic N) is 2. The molecule has 0 saturated carbocycles. The van der Waals surface area contributed by atoms with Gasteiger partial charge in [0, 0.05) is 11.8 Å². The van der Waals surface area contributed by atoms with Crippen molar-refractivity contribution in [1.29, 1.82) is 0 Å². The fourth-order valence-electron chi connectivity index (χ4n) is 2.52. The van der Waals surface area contributed by atoms with E-state index in [1.54, 1.807) is 6.20 Å². The average molecular weight is 254 g/mol. The third-order valence-corrected chi connectivity index (χ3v) is 3.41. The van der Waals surface area contributed by atoms with E-state index in [2.05, 4.69) is 22.1 Å². The van der Waals surface area contributed by atoms with Crippen molar-refractivity contribution >= 4 is 5.97 Å². The maximum atomic E-state index is 10.7. The number of carbonyl (C=O) groups is 1. The first-order valence-corrected chi connectivity index (χ1v) is 6.37. The van der Waals surface area contributed by atoms with E-state index < -0.39 is 5.97 Å². The summed E-state index contributed by atoms with van der Waals surface area (Å²) in [5.41, 5.74) is 5.04. The minimum atomic E-state index is -0.889. The molecule has 0 fully saturated rings. The maximum absolute atomic E-state index is 10.7. The summed E-state index contributed by atoms with van der Waals surface area (Å²) in [6, 6.07) is 6.33. The zero-order valence-corrected chi connectivity index (χ0v) is 10.5. The van der Waals surface area contributed by atoms with Crippen LogP contribution in [0.5, 0.6) is 0 Å². The monoisotopic (exact) mass is 254 g/mol. The van der Waals surface area contributed by atoms with Crippen molar-refractivity contribution in [2.45, 2.75) is 25.7 Å². The topological polar surface area (TPSA) is 63.1 Å². The van der Waals surface area contributed by atoms with Gasteiger partial charge in [-0.15, -0.1) is 0 Å². The van der Waals surface area contributed by atoms with Gasteiger partial charge < -0.3 is 5.11 Å². The van der Waals surface area contributed by atoms with Crippen molar-refractivity contribution in [1.82, 2.24) is 9.97 Å². The number of aryl methyl sites for hydroxylation is 2. The number of carboxylic acid groups (broad SMARTS) is 1. The average Bonchev–Trinajstić information content (AvgIpc) is 2.85. The van der Waals surface area contributed by atoms with E-state index in [9.17, 15) is 4.79 Å². The summed E-state index contributed by atoms with van der Waals surface area (Å²) in [5, 5.41) is 8.79. The minimum absolute atomic E-state index is 0.0915. The summed E-state index contributed by atoms with van der Waals surface area (Å²) in [6.45, 7) is 0. The first-order valence-electron chi connectivity index (χ1n) is 6.37. The summed E-state index contributed by atoms with van der Waals surface area (Å²) < 4.78 is 0. The molecule has 0 saturated heterocycles. The van der Waals surface area contributed by atoms with Crippen LogP contribution in [-0.2, 0) is 24.1 Å². The smallest absolute Gasteiger partial charge is 0.309 e. The van der Waals surface area contributed by atoms with Crippen molar-refractivity contribution in [3.8, 4) is 11.3 Å². The Hall–Kier alpha value is -2.23. The standard InChI is InChI=1S/C15H14N2O2/c18-15(19)7-13-8-16-9-14(17-13)12-5-4-10-2-1-3-11(10)6-12/h4-6,8-9H,1-3,7H2,(H,18,19). The number of hydrogen-bond acceptors (Lipinski definition) is 3. The van der Waals surface area contributed by atoms with Crippen LogP contribution in [0.1, 0.15) is 23.2 Å². The minimum Gasteiger partial charge on any atom is -0.481 e. The molecule has 4 heteroatoms. The molecule has 96 valence electrons. The molecule has 1 N–H and O–H groups in total. The van der Waals surface area contributed by atoms with Gasteiger partial charge in [-0.2, -0.15) is 0 Å². The van der Waals surface area contributed by atoms with Crippen LogP contribution in [0.2, 0.25) is 0 Å². The quantitative estimate of drug-likeness (QED) is 0.912. The van der Waals surface area contributed by atoms with Crippen LogP contribution in [0.4, 0.5) is 0 Å². The molecule has 0 radical (unpaired) electrons. The summed E-state index contributed by atoms with van der Waals surface area (Å²) in [6.07, 6.45) is 6.58. The van der Waals surface area contributed by atoms with Gasteiger partial charge in [0.25, 0.3) is 0 Å². The molecule has 1 aromatic carbocycles. The van der Waals surface area contributed by atoms with Gasteiger partial charge in [-0.05, 0) is 36.5 Å². The molecule has 0 atom stereocenters. The third-order valence-electron chi connectivity index (χ3n) is 3.41. The molecule has 19 heavy (non-hydrogen) atoms. The Labute approximate surface area is 111 Å². The van der Waals surface area contributed by atoms with Gasteiger partial charge in [0.05, 0.1) is 24.0 Å². The summed E-state index contributed by atoms with van der Waals surface area (Å²) in [4.78, 5) is 19.1. The molecule has 2 aromatic rings. The highest BCUT2D eigenvalue weighted by Crippen LogP contribution is 2.26. The molecule has 0 aliphatic heterocycles. The largest absolute Gasteiger partial charge is 0.481 e. The van der Waals surface area contributed by atoms with Gasteiger partial charge >= 0.3 is 5.97 Å². The molecule has 1 aliphatic rings. The molecule has 4 nitrogen and oxygen atoms in total. The van der Waals surface area contributed by atoms with Crippen LogP contribution >= 0.6 is 0 Å². The first kappa shape index (κ1) is 11.8. The van der Waals surface area contributed by atoms with Crippen molar-refractivity contribution in [2.24, 2.45) is 0 Å². The molecular weight excluding hydrogens is 240 g/mol. The van der Waals surface area contributed by atoms with Crippen molar-refractivity contribution in [2.75, 3.05) is 0 Å². The normalized spacial score (nSPS) is 13.3. The summed E-state index contributed by atoms with van der Waals surface area (Å²) >= 11 is 0. The number of aliphatic carboxylic acids is 1. The second-order valence-corrected chi connectivity index (χ2v) is 4.80. The Morgan fingerprint density at radius 1 is 1.21 bits per heavy atom. The van der Waals surface area contributed by atoms with Crippen molar-refractivity contribution in [3.05, 3.63) is 47.4 Å². The second kappa shape index (κ2) is 4.80. The number of benzene rings is 1. The molecule has 1 aliphatic carbocycles. The zero-order valence-electron chi connectivity index (χ0n) is 10.5. The number of fused-ring (bicyclic) bond motifs is 1. The first-order chi connectivity index (χ1) is 9.22. The van der Waals surface area contributed by atoms with Crippen LogP contribution in [0.3, 0.4) is 0 Å². The Kier molecular flexibility index (Phi) is 2.99. The van der Waals surface area contributed by atoms with Gasteiger partial charge in [0.2, 0.25) is 0 Å². The molecule has 0 bridgehead atoms. The van der Waals surface area contributed by atoms with E-state index in [-0.39, 0.29) is 6.42 Å². The SMILES string of the molecule is O=C(O)Cc1cncc(-c2ccc3c(c2)CCC3)n1. The zero-order chi connectivity index (χ0) is 13.2. The molecule has 3 rings (SSSR count). The number of hydrogen-bond donors (Lipinski definition) is 1. The Balaban J connectivity index is 1.95. The highest BCUT2D eigenvalue weighted by Gasteiger charge is 2.12. The molecule has 0 amide bonds. The summed E-state index contributed by atoms with van der Waals surface area (Å²) in [7, 11) is 0. The van der Waals surface area contributed by atoms with Crippen LogP contribution in [-0.4, -0.2) is 21.0 Å². The van der Waals surface area contributed by atoms with Gasteiger partial charge in [0.1, 0.15) is 0 Å². The van der Waals surface area contributed by atoms with Crippen LogP contribution in [0.25, 0.3) is 11.3 Å². The summed E-state index contributed by atoms with van der Waals surface area (Å²) in [5.74, 6) is -0.889. The highest BCUT2D eigenvalue weighted by molar-refractivity contribution is 5.70. The molecule has 0 spiro atoms. The van der Waals surface area contributed by atoms with Crippen LogP contribution in [0.15, 0.2) is 30.6 Å². The van der Waals surface area contributed by atoms with E-state index in [1.807, 2.05) is 6.07 Å². The van der Waals surface area contributed by atoms with Gasteiger partial charge in [-0.1, -0.05) is 12.1 Å². The van der Waals surface area contributed by atoms with Crippen molar-refractivity contribution in [3.63, 3.8) is 0 Å². The Morgan fingerprint density at radius 2 is 2.05 bits per heavy atom. The fourth-order valence-corrected chi connectivity index (χ4v) is 2.52. The van der Waals surface area contributed by atoms with E-state index in [1.165, 1.54) is 23.7 Å². The predicted molar refractivity (Wildman–Crippen MR) is 70.8 cm³/mol. The van der Waals surface area contributed by atoms with Gasteiger partial charge in [-0.3, -0.25) is 9.78 Å². The van der Waals surface area contributed by atoms with E-state index in [0.717, 1.165) is 24.1 Å². The van der Waals surface area contributed by atoms with Crippen LogP contribution < -0.4 is 0 Å². The lowest BCUT2D eigenvalue weighted by molar-refractivity contribution is -0.136. The number of aromatic nitrogens is 2. The Morgan fingerprint density at radius 3 is 2.89 bits per heavy atom. The molecular formula is C15H14N2O2. The highest BCUT2D eigenvalue weighted by atomic mass is 16.4. The van der Waals surface area contributed by atoms with Crippen LogP contribution in [0, 0.1) is 0 Å². The fraction of sp³-hybridized carbons (Fsp3) is 0.267. The molecule has 0 unspecified atom stereocenters. The maximum Gasteiger partial charge on any atom is 0.309 e. The number of rotatable bonds is 3. The lowest BCUT2D eigenvalue weighted by Crippen LogP contribution is -2.03. The predicted octanol–water partition coefficient (Wildman–Crippen LogP) is 2.26. The van der Waals surface area contributed by atoms with E-state index in [4.69, 9.17) is 5.11 Å². The van der Waals surface area contributed by atoms with Gasteiger partial charge in [0.15, 0.2) is 0 Å². The molecule has 1 aromatic heterocycles. The van der Waals surface area contributed by atoms with E-state index >= 15 is 0 Å². The lowest BCUT2D eigenvalue weighted by Gasteiger charge is -2.05. The van der Waals surface area contributed by atoms with E-state index in [0.29, 0.717) is 5.69 Å². The van der Waals surface area contributed by atoms with Gasteiger partial charge in [-0.25, -0.2) is 4.98 Å². The molecule has 1 heterocycles.